The molecule has 3 fully saturated rings. The molecule has 160 valence electrons. The molecule has 2 N–H and O–H groups in total. The number of hydrogen-bond donors (Lipinski definition) is 2. The minimum absolute atomic E-state index is 0.106. The number of nitrogens with one attached hydrogen (secondary N) is 1. The first-order chi connectivity index (χ1) is 12.8. The predicted molar refractivity (Wildman–Crippen MR) is 92.4 cm³/mol. The fourth-order valence-electron chi connectivity index (χ4n) is 5.16. The summed E-state index contributed by atoms with van der Waals surface area (Å²) in [6.45, 7) is 3.57. The van der Waals surface area contributed by atoms with Gasteiger partial charge in [0.25, 0.3) is 0 Å². The summed E-state index contributed by atoms with van der Waals surface area (Å²) in [5, 5.41) is 9.63. The Morgan fingerprint density at radius 1 is 1.18 bits per heavy atom. The third-order valence-corrected chi connectivity index (χ3v) is 8.22. The zero-order valence-electron chi connectivity index (χ0n) is 15.8. The summed E-state index contributed by atoms with van der Waals surface area (Å²) in [5.74, 6) is -2.64. The number of carbonyl (C=O) groups is 2. The second-order valence-corrected chi connectivity index (χ2v) is 10.4. The van der Waals surface area contributed by atoms with E-state index in [0.717, 1.165) is 6.42 Å². The number of amides is 1. The van der Waals surface area contributed by atoms with E-state index in [1.165, 1.54) is 4.90 Å². The lowest BCUT2D eigenvalue weighted by Gasteiger charge is -2.34. The molecule has 0 aromatic rings. The second-order valence-electron chi connectivity index (χ2n) is 8.71. The van der Waals surface area contributed by atoms with Gasteiger partial charge in [0.2, 0.25) is 5.91 Å². The van der Waals surface area contributed by atoms with Gasteiger partial charge in [0.05, 0.1) is 5.41 Å². The Balaban J connectivity index is 1.83. The minimum atomic E-state index is -5.69. The Bertz CT molecular complexity index is 776. The number of carboxylic acid groups (broad SMARTS) is 1. The van der Waals surface area contributed by atoms with E-state index in [2.05, 4.69) is 0 Å². The summed E-state index contributed by atoms with van der Waals surface area (Å²) in [6.07, 6.45) is 3.19. The van der Waals surface area contributed by atoms with E-state index >= 15 is 0 Å². The van der Waals surface area contributed by atoms with Crippen LogP contribution < -0.4 is 4.72 Å². The summed E-state index contributed by atoms with van der Waals surface area (Å²) < 4.78 is 63.6. The van der Waals surface area contributed by atoms with Crippen molar-refractivity contribution in [1.82, 2.24) is 9.62 Å². The smallest absolute Gasteiger partial charge is 0.481 e. The minimum Gasteiger partial charge on any atom is -0.481 e. The molecule has 0 bridgehead atoms. The van der Waals surface area contributed by atoms with E-state index in [1.54, 1.807) is 18.6 Å². The highest BCUT2D eigenvalue weighted by Crippen LogP contribution is 2.72. The van der Waals surface area contributed by atoms with E-state index in [-0.39, 0.29) is 19.0 Å². The number of carboxylic acids is 1. The molecule has 0 aromatic heterocycles. The number of halogens is 3. The molecule has 1 amide bonds. The van der Waals surface area contributed by atoms with Crippen molar-refractivity contribution in [2.24, 2.45) is 22.7 Å². The van der Waals surface area contributed by atoms with Crippen LogP contribution >= 0.6 is 0 Å². The number of aliphatic carboxylic acids is 1. The maximum Gasteiger partial charge on any atom is 0.511 e. The van der Waals surface area contributed by atoms with Crippen molar-refractivity contribution < 1.29 is 36.3 Å². The molecule has 1 heterocycles. The van der Waals surface area contributed by atoms with Crippen LogP contribution in [0.5, 0.6) is 0 Å². The van der Waals surface area contributed by atoms with Crippen LogP contribution in [0.2, 0.25) is 0 Å². The molecule has 2 aliphatic carbocycles. The van der Waals surface area contributed by atoms with E-state index in [1.807, 2.05) is 0 Å². The lowest BCUT2D eigenvalue weighted by molar-refractivity contribution is -0.146. The molecule has 1 aliphatic heterocycles. The highest BCUT2D eigenvalue weighted by molar-refractivity contribution is 7.90. The van der Waals surface area contributed by atoms with Crippen molar-refractivity contribution in [2.45, 2.75) is 57.5 Å². The maximum absolute atomic E-state index is 13.0. The molecule has 1 saturated heterocycles. The molecular weight excluding hydrogens is 401 g/mol. The Labute approximate surface area is 161 Å². The summed E-state index contributed by atoms with van der Waals surface area (Å²) in [4.78, 5) is 26.0. The van der Waals surface area contributed by atoms with Crippen molar-refractivity contribution >= 4 is 21.9 Å². The van der Waals surface area contributed by atoms with Crippen molar-refractivity contribution in [3.63, 3.8) is 0 Å². The van der Waals surface area contributed by atoms with Gasteiger partial charge < -0.3 is 10.0 Å². The average molecular weight is 426 g/mol. The summed E-state index contributed by atoms with van der Waals surface area (Å²) in [7, 11) is -5.69. The van der Waals surface area contributed by atoms with E-state index in [0.29, 0.717) is 25.7 Å². The van der Waals surface area contributed by atoms with Crippen LogP contribution in [0.4, 0.5) is 13.2 Å². The number of rotatable bonds is 5. The number of alkyl halides is 3. The number of carbonyl (C=O) groups excluding carboxylic acids is 1. The van der Waals surface area contributed by atoms with Crippen LogP contribution in [-0.4, -0.2) is 54.9 Å². The number of hydrogen-bond acceptors (Lipinski definition) is 4. The molecule has 0 aromatic carbocycles. The van der Waals surface area contributed by atoms with Gasteiger partial charge in [0.1, 0.15) is 6.04 Å². The predicted octanol–water partition coefficient (Wildman–Crippen LogP) is 1.94. The monoisotopic (exact) mass is 426 g/mol. The van der Waals surface area contributed by atoms with E-state index in [9.17, 15) is 36.3 Å². The van der Waals surface area contributed by atoms with Gasteiger partial charge in [0, 0.05) is 19.0 Å². The first-order valence-electron chi connectivity index (χ1n) is 9.36. The number of fused-ring (bicyclic) bond motifs is 1. The molecule has 3 atom stereocenters. The van der Waals surface area contributed by atoms with Gasteiger partial charge in [0.15, 0.2) is 0 Å². The standard InChI is InChI=1S/C17H25F3N2O5S/c1-15(2)11-8-22(9-16(11,15)14(24)25)13(23)12(10-6-4-3-5-7-10)21-28(26,27)17(18,19)20/h10-12,21H,3-9H2,1-2H3,(H,24,25)/t11?,12-,16?/m0/s1. The van der Waals surface area contributed by atoms with Crippen molar-refractivity contribution in [2.75, 3.05) is 13.1 Å². The van der Waals surface area contributed by atoms with Crippen LogP contribution in [0, 0.1) is 22.7 Å². The molecule has 0 radical (unpaired) electrons. The van der Waals surface area contributed by atoms with Crippen molar-refractivity contribution in [1.29, 1.82) is 0 Å². The van der Waals surface area contributed by atoms with Crippen LogP contribution in [-0.2, 0) is 19.6 Å². The molecule has 2 unspecified atom stereocenters. The van der Waals surface area contributed by atoms with Crippen molar-refractivity contribution in [3.8, 4) is 0 Å². The van der Waals surface area contributed by atoms with Gasteiger partial charge in [-0.1, -0.05) is 33.1 Å². The topological polar surface area (TPSA) is 104 Å². The summed E-state index contributed by atoms with van der Waals surface area (Å²) in [6, 6.07) is -1.53. The highest BCUT2D eigenvalue weighted by Gasteiger charge is 2.79. The third kappa shape index (κ3) is 3.10. The quantitative estimate of drug-likeness (QED) is 0.699. The van der Waals surface area contributed by atoms with Crippen LogP contribution in [0.3, 0.4) is 0 Å². The third-order valence-electron chi connectivity index (χ3n) is 7.04. The Morgan fingerprint density at radius 3 is 2.21 bits per heavy atom. The molecule has 7 nitrogen and oxygen atoms in total. The number of piperidine rings is 1. The zero-order chi connectivity index (χ0) is 21.1. The fourth-order valence-corrected chi connectivity index (χ4v) is 5.92. The van der Waals surface area contributed by atoms with Crippen molar-refractivity contribution in [3.05, 3.63) is 0 Å². The highest BCUT2D eigenvalue weighted by atomic mass is 32.2. The van der Waals surface area contributed by atoms with Gasteiger partial charge in [-0.05, 0) is 24.2 Å². The zero-order valence-corrected chi connectivity index (χ0v) is 16.6. The molecule has 28 heavy (non-hydrogen) atoms. The van der Waals surface area contributed by atoms with E-state index in [4.69, 9.17) is 0 Å². The molecular formula is C17H25F3N2O5S. The van der Waals surface area contributed by atoms with Gasteiger partial charge >= 0.3 is 21.5 Å². The number of nitrogens with zero attached hydrogens (tertiary/aromatic N) is 1. The summed E-state index contributed by atoms with van der Waals surface area (Å²) in [5.41, 5.74) is -7.15. The lowest BCUT2D eigenvalue weighted by Crippen LogP contribution is -2.55. The number of likely N-dealkylation sites (tertiary alicyclic amines) is 1. The normalized spacial score (nSPS) is 31.3. The average Bonchev–Trinajstić information content (AvgIpc) is 2.93. The Hall–Kier alpha value is -1.36. The summed E-state index contributed by atoms with van der Waals surface area (Å²) >= 11 is 0. The lowest BCUT2D eigenvalue weighted by atomic mass is 9.83. The number of sulfonamides is 1. The van der Waals surface area contributed by atoms with E-state index < -0.39 is 50.2 Å². The fraction of sp³-hybridized carbons (Fsp3) is 0.882. The molecule has 3 rings (SSSR count). The van der Waals surface area contributed by atoms with Crippen LogP contribution in [0.15, 0.2) is 0 Å². The Morgan fingerprint density at radius 2 is 1.75 bits per heavy atom. The first-order valence-corrected chi connectivity index (χ1v) is 10.8. The van der Waals surface area contributed by atoms with Gasteiger partial charge in [-0.25, -0.2) is 8.42 Å². The molecule has 2 saturated carbocycles. The Kier molecular flexibility index (Phi) is 5.02. The van der Waals surface area contributed by atoms with Crippen LogP contribution in [0.1, 0.15) is 46.0 Å². The molecule has 11 heteroatoms. The van der Waals surface area contributed by atoms with Crippen LogP contribution in [0.25, 0.3) is 0 Å². The van der Waals surface area contributed by atoms with Gasteiger partial charge in [-0.2, -0.15) is 17.9 Å². The largest absolute Gasteiger partial charge is 0.511 e. The maximum atomic E-state index is 13.0. The second kappa shape index (κ2) is 6.58. The SMILES string of the molecule is CC1(C)C2CN(C(=O)[C@@H](NS(=O)(=O)C(F)(F)F)C3CCCCC3)CC21C(=O)O. The molecule has 3 aliphatic rings. The molecule has 0 spiro atoms. The van der Waals surface area contributed by atoms with Gasteiger partial charge in [-0.3, -0.25) is 9.59 Å². The first kappa shape index (κ1) is 21.4. The van der Waals surface area contributed by atoms with Gasteiger partial charge in [-0.15, -0.1) is 0 Å².